The Morgan fingerprint density at radius 3 is 2.47 bits per heavy atom. The van der Waals surface area contributed by atoms with Gasteiger partial charge in [0.2, 0.25) is 0 Å². The molecule has 5 nitrogen and oxygen atoms in total. The molecule has 0 bridgehead atoms. The van der Waals surface area contributed by atoms with Gasteiger partial charge in [-0.25, -0.2) is 0 Å². The second-order valence-corrected chi connectivity index (χ2v) is 5.91. The average molecular weight is 266 g/mol. The van der Waals surface area contributed by atoms with E-state index in [9.17, 15) is 14.7 Å². The number of carbonyl (C=O) groups is 2. The molecule has 1 rings (SSSR count). The third kappa shape index (κ3) is 3.99. The summed E-state index contributed by atoms with van der Waals surface area (Å²) in [5.74, 6) is -0.170. The molecule has 0 fully saturated rings. The van der Waals surface area contributed by atoms with Crippen LogP contribution in [0.5, 0.6) is 0 Å². The Balaban J connectivity index is 2.92. The number of hydrogen-bond donors (Lipinski definition) is 2. The van der Waals surface area contributed by atoms with E-state index in [1.165, 1.54) is 6.92 Å². The van der Waals surface area contributed by atoms with E-state index < -0.39 is 6.04 Å². The standard InChI is InChI=1S/C14H22N2O3/c1-8(16-7-10(15)9(2)17)13-11(18)5-14(3,4)6-12(13)19/h10,18H,5-7,15H2,1-4H3/t10-/m1/s1. The van der Waals surface area contributed by atoms with E-state index in [0.29, 0.717) is 18.6 Å². The van der Waals surface area contributed by atoms with Crippen LogP contribution < -0.4 is 5.73 Å². The first kappa shape index (κ1) is 15.6. The van der Waals surface area contributed by atoms with Gasteiger partial charge in [0, 0.05) is 18.6 Å². The van der Waals surface area contributed by atoms with Crippen molar-refractivity contribution >= 4 is 17.3 Å². The predicted octanol–water partition coefficient (Wildman–Crippen LogP) is 1.56. The van der Waals surface area contributed by atoms with Gasteiger partial charge in [-0.15, -0.1) is 0 Å². The summed E-state index contributed by atoms with van der Waals surface area (Å²) < 4.78 is 0. The molecule has 0 heterocycles. The van der Waals surface area contributed by atoms with Gasteiger partial charge in [-0.3, -0.25) is 14.6 Å². The van der Waals surface area contributed by atoms with Gasteiger partial charge >= 0.3 is 0 Å². The number of ketones is 2. The normalized spacial score (nSPS) is 21.5. The molecule has 1 atom stereocenters. The Hall–Kier alpha value is -1.49. The lowest BCUT2D eigenvalue weighted by atomic mass is 9.76. The number of carbonyl (C=O) groups excluding carboxylic acids is 2. The highest BCUT2D eigenvalue weighted by Crippen LogP contribution is 2.36. The van der Waals surface area contributed by atoms with Crippen LogP contribution in [0.2, 0.25) is 0 Å². The van der Waals surface area contributed by atoms with Crippen molar-refractivity contribution in [1.82, 2.24) is 0 Å². The van der Waals surface area contributed by atoms with Crippen LogP contribution in [0.3, 0.4) is 0 Å². The fourth-order valence-electron chi connectivity index (χ4n) is 2.14. The Morgan fingerprint density at radius 1 is 1.42 bits per heavy atom. The summed E-state index contributed by atoms with van der Waals surface area (Å²) in [6.07, 6.45) is 0.845. The Labute approximate surface area is 113 Å². The van der Waals surface area contributed by atoms with Gasteiger partial charge in [-0.05, 0) is 19.3 Å². The van der Waals surface area contributed by atoms with Crippen molar-refractivity contribution in [2.24, 2.45) is 16.1 Å². The predicted molar refractivity (Wildman–Crippen MR) is 74.3 cm³/mol. The van der Waals surface area contributed by atoms with Crippen molar-refractivity contribution in [1.29, 1.82) is 0 Å². The van der Waals surface area contributed by atoms with Gasteiger partial charge in [0.25, 0.3) is 0 Å². The van der Waals surface area contributed by atoms with Crippen LogP contribution in [0.25, 0.3) is 0 Å². The van der Waals surface area contributed by atoms with Crippen molar-refractivity contribution in [3.05, 3.63) is 11.3 Å². The third-order valence-electron chi connectivity index (χ3n) is 3.26. The van der Waals surface area contributed by atoms with Gasteiger partial charge in [0.1, 0.15) is 11.5 Å². The average Bonchev–Trinajstić information content (AvgIpc) is 2.22. The number of aliphatic hydroxyl groups is 1. The number of Topliss-reactive ketones (excluding diaryl/α,β-unsaturated/α-hetero) is 2. The molecule has 0 aromatic carbocycles. The largest absolute Gasteiger partial charge is 0.511 e. The van der Waals surface area contributed by atoms with Gasteiger partial charge in [-0.2, -0.15) is 0 Å². The Kier molecular flexibility index (Phi) is 4.63. The topological polar surface area (TPSA) is 92.8 Å². The highest BCUT2D eigenvalue weighted by atomic mass is 16.3. The van der Waals surface area contributed by atoms with Gasteiger partial charge in [-0.1, -0.05) is 13.8 Å². The lowest BCUT2D eigenvalue weighted by molar-refractivity contribution is -0.118. The van der Waals surface area contributed by atoms with E-state index >= 15 is 0 Å². The lowest BCUT2D eigenvalue weighted by Crippen LogP contribution is -2.32. The number of allylic oxidation sites excluding steroid dienone is 2. The fourth-order valence-corrected chi connectivity index (χ4v) is 2.14. The van der Waals surface area contributed by atoms with Gasteiger partial charge in [0.05, 0.1) is 18.2 Å². The number of nitrogens with zero attached hydrogens (tertiary/aromatic N) is 1. The maximum absolute atomic E-state index is 12.0. The van der Waals surface area contributed by atoms with E-state index in [0.717, 1.165) is 0 Å². The molecule has 1 aliphatic carbocycles. The van der Waals surface area contributed by atoms with Crippen molar-refractivity contribution in [3.8, 4) is 0 Å². The molecule has 0 amide bonds. The molecular weight excluding hydrogens is 244 g/mol. The minimum atomic E-state index is -0.659. The summed E-state index contributed by atoms with van der Waals surface area (Å²) in [6, 6.07) is -0.659. The minimum Gasteiger partial charge on any atom is -0.511 e. The molecule has 0 aromatic rings. The first-order valence-electron chi connectivity index (χ1n) is 6.37. The molecule has 0 aliphatic heterocycles. The van der Waals surface area contributed by atoms with E-state index in [2.05, 4.69) is 4.99 Å². The lowest BCUT2D eigenvalue weighted by Gasteiger charge is -2.29. The van der Waals surface area contributed by atoms with Crippen molar-refractivity contribution in [3.63, 3.8) is 0 Å². The van der Waals surface area contributed by atoms with E-state index in [-0.39, 0.29) is 34.9 Å². The summed E-state index contributed by atoms with van der Waals surface area (Å²) in [4.78, 5) is 27.2. The highest BCUT2D eigenvalue weighted by Gasteiger charge is 2.33. The molecule has 1 aliphatic rings. The molecule has 0 radical (unpaired) electrons. The van der Waals surface area contributed by atoms with E-state index in [4.69, 9.17) is 5.73 Å². The van der Waals surface area contributed by atoms with Crippen molar-refractivity contribution in [2.75, 3.05) is 6.54 Å². The second-order valence-electron chi connectivity index (χ2n) is 5.91. The zero-order chi connectivity index (χ0) is 14.8. The van der Waals surface area contributed by atoms with E-state index in [1.54, 1.807) is 6.92 Å². The van der Waals surface area contributed by atoms with Crippen LogP contribution in [-0.4, -0.2) is 35.0 Å². The molecule has 5 heteroatoms. The second kappa shape index (κ2) is 5.65. The number of aliphatic hydroxyl groups excluding tert-OH is 1. The molecule has 0 saturated heterocycles. The van der Waals surface area contributed by atoms with Crippen LogP contribution in [-0.2, 0) is 9.59 Å². The van der Waals surface area contributed by atoms with Crippen LogP contribution >= 0.6 is 0 Å². The smallest absolute Gasteiger partial charge is 0.168 e. The summed E-state index contributed by atoms with van der Waals surface area (Å²) >= 11 is 0. The van der Waals surface area contributed by atoms with Crippen LogP contribution in [0.15, 0.2) is 16.3 Å². The van der Waals surface area contributed by atoms with Gasteiger partial charge < -0.3 is 10.8 Å². The molecule has 19 heavy (non-hydrogen) atoms. The summed E-state index contributed by atoms with van der Waals surface area (Å²) in [7, 11) is 0. The SMILES string of the molecule is CC(=O)[C@H](N)CN=C(C)C1=C(O)CC(C)(C)CC1=O. The Morgan fingerprint density at radius 2 is 2.00 bits per heavy atom. The first-order valence-corrected chi connectivity index (χ1v) is 6.37. The third-order valence-corrected chi connectivity index (χ3v) is 3.26. The minimum absolute atomic E-state index is 0.0823. The zero-order valence-corrected chi connectivity index (χ0v) is 12.0. The summed E-state index contributed by atoms with van der Waals surface area (Å²) in [5.41, 5.74) is 6.11. The van der Waals surface area contributed by atoms with Gasteiger partial charge in [0.15, 0.2) is 5.78 Å². The molecule has 3 N–H and O–H groups in total. The first-order chi connectivity index (χ1) is 8.64. The van der Waals surface area contributed by atoms with Crippen LogP contribution in [0.1, 0.15) is 40.5 Å². The van der Waals surface area contributed by atoms with Crippen molar-refractivity contribution < 1.29 is 14.7 Å². The quantitative estimate of drug-likeness (QED) is 0.755. The van der Waals surface area contributed by atoms with Crippen LogP contribution in [0, 0.1) is 5.41 Å². The van der Waals surface area contributed by atoms with Crippen molar-refractivity contribution in [2.45, 2.75) is 46.6 Å². The Bertz CT molecular complexity index is 461. The number of aliphatic imine (C=N–C) groups is 1. The van der Waals surface area contributed by atoms with Crippen LogP contribution in [0.4, 0.5) is 0 Å². The maximum Gasteiger partial charge on any atom is 0.168 e. The molecular formula is C14H22N2O3. The highest BCUT2D eigenvalue weighted by molar-refractivity contribution is 6.22. The number of hydrogen-bond acceptors (Lipinski definition) is 5. The molecule has 0 saturated carbocycles. The summed E-state index contributed by atoms with van der Waals surface area (Å²) in [5, 5.41) is 10.00. The fraction of sp³-hybridized carbons (Fsp3) is 0.643. The zero-order valence-electron chi connectivity index (χ0n) is 12.0. The summed E-state index contributed by atoms with van der Waals surface area (Å²) in [6.45, 7) is 7.08. The molecule has 0 aromatic heterocycles. The molecule has 0 unspecified atom stereocenters. The number of nitrogens with two attached hydrogens (primary N) is 1. The molecule has 0 spiro atoms. The number of rotatable bonds is 4. The maximum atomic E-state index is 12.0. The molecule has 106 valence electrons. The van der Waals surface area contributed by atoms with E-state index in [1.807, 2.05) is 13.8 Å². The monoisotopic (exact) mass is 266 g/mol.